The number of amides is 1. The van der Waals surface area contributed by atoms with Gasteiger partial charge in [-0.2, -0.15) is 10.4 Å². The Bertz CT molecular complexity index is 1370. The number of nitrogens with one attached hydrogen (secondary N) is 1. The summed E-state index contributed by atoms with van der Waals surface area (Å²) >= 11 is 7.57. The number of nitriles is 1. The Morgan fingerprint density at radius 2 is 2.09 bits per heavy atom. The van der Waals surface area contributed by atoms with Gasteiger partial charge in [-0.3, -0.25) is 9.48 Å². The molecular weight excluding hydrogens is 508 g/mol. The molecule has 3 aromatic rings. The van der Waals surface area contributed by atoms with Crippen LogP contribution in [0.4, 0.5) is 0 Å². The van der Waals surface area contributed by atoms with E-state index in [1.165, 1.54) is 21.9 Å². The number of halogens is 1. The Balaban J connectivity index is 1.32. The summed E-state index contributed by atoms with van der Waals surface area (Å²) in [4.78, 5) is 17.3. The van der Waals surface area contributed by atoms with Gasteiger partial charge in [0.15, 0.2) is 0 Å². The minimum atomic E-state index is -3.17. The standard InChI is InChI=1S/C23H25ClN6O3S2/c1-15(13-29-8-7-20(28-29)17-3-4-18(12-25)19(24)11-17)26-22(31)21-14-34-23(27-21)16-5-9-30(10-6-16)35(2,32)33/h3-4,7-8,11,14-16H,5-6,9-10,13H2,1-2H3,(H,26,31)/t15-/m1/s1. The third-order valence-corrected chi connectivity index (χ3v) is 8.51. The lowest BCUT2D eigenvalue weighted by Crippen LogP contribution is -2.37. The summed E-state index contributed by atoms with van der Waals surface area (Å²) in [5.74, 6) is -0.0879. The number of sulfonamides is 1. The number of hydrogen-bond donors (Lipinski definition) is 1. The maximum atomic E-state index is 12.7. The molecule has 0 bridgehead atoms. The zero-order valence-corrected chi connectivity index (χ0v) is 21.7. The molecule has 9 nitrogen and oxygen atoms in total. The summed E-state index contributed by atoms with van der Waals surface area (Å²) in [6, 6.07) is 8.87. The van der Waals surface area contributed by atoms with Gasteiger partial charge < -0.3 is 5.32 Å². The van der Waals surface area contributed by atoms with Crippen molar-refractivity contribution in [2.24, 2.45) is 0 Å². The van der Waals surface area contributed by atoms with Gasteiger partial charge in [-0.15, -0.1) is 11.3 Å². The van der Waals surface area contributed by atoms with Crippen LogP contribution in [0.3, 0.4) is 0 Å². The van der Waals surface area contributed by atoms with E-state index in [-0.39, 0.29) is 17.9 Å². The van der Waals surface area contributed by atoms with E-state index in [1.54, 1.807) is 28.3 Å². The van der Waals surface area contributed by atoms with Gasteiger partial charge in [-0.05, 0) is 38.0 Å². The highest BCUT2D eigenvalue weighted by Crippen LogP contribution is 2.31. The largest absolute Gasteiger partial charge is 0.346 e. The molecule has 184 valence electrons. The van der Waals surface area contributed by atoms with Crippen molar-refractivity contribution in [1.82, 2.24) is 24.4 Å². The second kappa shape index (κ2) is 10.5. The SMILES string of the molecule is C[C@H](Cn1ccc(-c2ccc(C#N)c(Cl)c2)n1)NC(=O)c1csc(C2CCN(S(C)(=O)=O)CC2)n1. The maximum absolute atomic E-state index is 12.7. The van der Waals surface area contributed by atoms with Gasteiger partial charge in [0.2, 0.25) is 10.0 Å². The zero-order chi connectivity index (χ0) is 25.2. The fourth-order valence-electron chi connectivity index (χ4n) is 4.02. The number of carbonyl (C=O) groups is 1. The van der Waals surface area contributed by atoms with Crippen LogP contribution in [-0.4, -0.2) is 58.8 Å². The van der Waals surface area contributed by atoms with E-state index in [0.29, 0.717) is 48.8 Å². The Hall–Kier alpha value is -2.78. The average molecular weight is 533 g/mol. The van der Waals surface area contributed by atoms with E-state index in [9.17, 15) is 13.2 Å². The minimum Gasteiger partial charge on any atom is -0.346 e. The van der Waals surface area contributed by atoms with Crippen LogP contribution in [0.2, 0.25) is 5.02 Å². The molecule has 1 aliphatic heterocycles. The zero-order valence-electron chi connectivity index (χ0n) is 19.3. The summed E-state index contributed by atoms with van der Waals surface area (Å²) in [5, 5.41) is 19.5. The van der Waals surface area contributed by atoms with Crippen LogP contribution < -0.4 is 5.32 Å². The lowest BCUT2D eigenvalue weighted by molar-refractivity contribution is 0.0931. The second-order valence-corrected chi connectivity index (χ2v) is 11.9. The van der Waals surface area contributed by atoms with E-state index in [2.05, 4.69) is 15.4 Å². The van der Waals surface area contributed by atoms with Crippen LogP contribution in [0.1, 0.15) is 46.7 Å². The fourth-order valence-corrected chi connectivity index (χ4v) is 6.09. The van der Waals surface area contributed by atoms with Crippen molar-refractivity contribution in [2.45, 2.75) is 38.3 Å². The molecule has 1 fully saturated rings. The van der Waals surface area contributed by atoms with Crippen molar-refractivity contribution >= 4 is 38.9 Å². The number of rotatable bonds is 7. The number of thiazole rings is 1. The number of benzene rings is 1. The Morgan fingerprint density at radius 1 is 1.34 bits per heavy atom. The van der Waals surface area contributed by atoms with Crippen molar-refractivity contribution in [2.75, 3.05) is 19.3 Å². The lowest BCUT2D eigenvalue weighted by atomic mass is 9.99. The first-order valence-corrected chi connectivity index (χ1v) is 14.2. The van der Waals surface area contributed by atoms with Crippen LogP contribution in [0, 0.1) is 11.3 Å². The number of carbonyl (C=O) groups excluding carboxylic acids is 1. The molecule has 12 heteroatoms. The van der Waals surface area contributed by atoms with Gasteiger partial charge in [-0.25, -0.2) is 17.7 Å². The normalized spacial score (nSPS) is 16.1. The molecule has 0 aliphatic carbocycles. The van der Waals surface area contributed by atoms with E-state index in [1.807, 2.05) is 25.3 Å². The molecule has 0 unspecified atom stereocenters. The highest BCUT2D eigenvalue weighted by molar-refractivity contribution is 7.88. The van der Waals surface area contributed by atoms with Gasteiger partial charge in [0.1, 0.15) is 11.8 Å². The van der Waals surface area contributed by atoms with Gasteiger partial charge >= 0.3 is 0 Å². The third-order valence-electron chi connectivity index (χ3n) is 5.89. The van der Waals surface area contributed by atoms with Crippen molar-refractivity contribution in [3.05, 3.63) is 57.1 Å². The summed E-state index contributed by atoms with van der Waals surface area (Å²) in [6.07, 6.45) is 4.45. The van der Waals surface area contributed by atoms with E-state index in [0.717, 1.165) is 16.3 Å². The van der Waals surface area contributed by atoms with Gasteiger partial charge in [-0.1, -0.05) is 17.7 Å². The van der Waals surface area contributed by atoms with E-state index < -0.39 is 10.0 Å². The van der Waals surface area contributed by atoms with Crippen molar-refractivity contribution in [3.63, 3.8) is 0 Å². The maximum Gasteiger partial charge on any atom is 0.271 e. The molecule has 1 saturated heterocycles. The monoisotopic (exact) mass is 532 g/mol. The molecule has 35 heavy (non-hydrogen) atoms. The predicted octanol–water partition coefficient (Wildman–Crippen LogP) is 3.49. The molecule has 3 heterocycles. The quantitative estimate of drug-likeness (QED) is 0.497. The first kappa shape index (κ1) is 25.3. The number of hydrogen-bond acceptors (Lipinski definition) is 7. The van der Waals surface area contributed by atoms with Gasteiger partial charge in [0, 0.05) is 42.2 Å². The lowest BCUT2D eigenvalue weighted by Gasteiger charge is -2.29. The molecule has 1 aliphatic rings. The Labute approximate surface area is 213 Å². The van der Waals surface area contributed by atoms with Crippen LogP contribution >= 0.6 is 22.9 Å². The number of nitrogens with zero attached hydrogens (tertiary/aromatic N) is 5. The number of piperidine rings is 1. The smallest absolute Gasteiger partial charge is 0.271 e. The molecule has 0 radical (unpaired) electrons. The Kier molecular flexibility index (Phi) is 7.56. The third kappa shape index (κ3) is 6.08. The fraction of sp³-hybridized carbons (Fsp3) is 0.391. The molecule has 2 aromatic heterocycles. The van der Waals surface area contributed by atoms with Crippen LogP contribution in [0.25, 0.3) is 11.3 Å². The molecule has 4 rings (SSSR count). The summed E-state index contributed by atoms with van der Waals surface area (Å²) in [7, 11) is -3.17. The molecule has 0 spiro atoms. The minimum absolute atomic E-state index is 0.162. The Morgan fingerprint density at radius 3 is 2.74 bits per heavy atom. The van der Waals surface area contributed by atoms with Gasteiger partial charge in [0.05, 0.1) is 34.1 Å². The first-order chi connectivity index (χ1) is 16.6. The molecule has 1 N–H and O–H groups in total. The summed E-state index contributed by atoms with van der Waals surface area (Å²) in [5.41, 5.74) is 2.31. The van der Waals surface area contributed by atoms with Crippen LogP contribution in [0.15, 0.2) is 35.8 Å². The molecule has 1 atom stereocenters. The van der Waals surface area contributed by atoms with Crippen molar-refractivity contribution in [1.29, 1.82) is 5.26 Å². The summed E-state index contributed by atoms with van der Waals surface area (Å²) < 4.78 is 26.6. The summed E-state index contributed by atoms with van der Waals surface area (Å²) in [6.45, 7) is 3.31. The molecule has 1 aromatic carbocycles. The first-order valence-electron chi connectivity index (χ1n) is 11.1. The molecule has 0 saturated carbocycles. The van der Waals surface area contributed by atoms with E-state index in [4.69, 9.17) is 16.9 Å². The van der Waals surface area contributed by atoms with Crippen LogP contribution in [0.5, 0.6) is 0 Å². The second-order valence-electron chi connectivity index (χ2n) is 8.61. The number of aromatic nitrogens is 3. The highest BCUT2D eigenvalue weighted by Gasteiger charge is 2.28. The van der Waals surface area contributed by atoms with Gasteiger partial charge in [0.25, 0.3) is 5.91 Å². The topological polar surface area (TPSA) is 121 Å². The van der Waals surface area contributed by atoms with Crippen molar-refractivity contribution < 1.29 is 13.2 Å². The average Bonchev–Trinajstić information content (AvgIpc) is 3.49. The van der Waals surface area contributed by atoms with Crippen LogP contribution in [-0.2, 0) is 16.6 Å². The van der Waals surface area contributed by atoms with E-state index >= 15 is 0 Å². The highest BCUT2D eigenvalue weighted by atomic mass is 35.5. The predicted molar refractivity (Wildman–Crippen MR) is 135 cm³/mol. The van der Waals surface area contributed by atoms with Crippen molar-refractivity contribution in [3.8, 4) is 17.3 Å². The molecule has 1 amide bonds. The molecular formula is C23H25ClN6O3S2.